The number of benzene rings is 1. The summed E-state index contributed by atoms with van der Waals surface area (Å²) in [6, 6.07) is 6.40. The van der Waals surface area contributed by atoms with Crippen LogP contribution in [0.1, 0.15) is 19.4 Å². The lowest BCUT2D eigenvalue weighted by Crippen LogP contribution is -2.48. The summed E-state index contributed by atoms with van der Waals surface area (Å²) in [6.45, 7) is 3.66. The molecule has 1 atom stereocenters. The van der Waals surface area contributed by atoms with Gasteiger partial charge in [-0.25, -0.2) is 0 Å². The van der Waals surface area contributed by atoms with Crippen LogP contribution in [0.4, 0.5) is 5.69 Å². The summed E-state index contributed by atoms with van der Waals surface area (Å²) >= 11 is 0. The van der Waals surface area contributed by atoms with Crippen molar-refractivity contribution in [1.82, 2.24) is 5.32 Å². The maximum atomic E-state index is 11.8. The van der Waals surface area contributed by atoms with Gasteiger partial charge in [0.1, 0.15) is 6.04 Å². The molecule has 1 rings (SSSR count). The van der Waals surface area contributed by atoms with Gasteiger partial charge in [-0.2, -0.15) is 0 Å². The van der Waals surface area contributed by atoms with Crippen molar-refractivity contribution in [2.75, 3.05) is 5.73 Å². The van der Waals surface area contributed by atoms with Gasteiger partial charge in [0, 0.05) is 5.69 Å². The molecule has 0 spiro atoms. The Bertz CT molecular complexity index is 432. The van der Waals surface area contributed by atoms with Gasteiger partial charge in [-0.15, -0.1) is 12.4 Å². The highest BCUT2D eigenvalue weighted by atomic mass is 35.5. The molecule has 0 aliphatic rings. The molecule has 0 saturated heterocycles. The van der Waals surface area contributed by atoms with Gasteiger partial charge >= 0.3 is 0 Å². The Morgan fingerprint density at radius 3 is 2.16 bits per heavy atom. The summed E-state index contributed by atoms with van der Waals surface area (Å²) in [4.78, 5) is 22.9. The SMILES string of the molecule is CC(C)C(NC(=O)Cc1ccc(N)cc1)C(N)=O.Cl. The van der Waals surface area contributed by atoms with Crippen molar-refractivity contribution < 1.29 is 9.59 Å². The summed E-state index contributed by atoms with van der Waals surface area (Å²) in [5.74, 6) is -0.772. The lowest BCUT2D eigenvalue weighted by molar-refractivity contribution is -0.127. The molecule has 0 aliphatic heterocycles. The highest BCUT2D eigenvalue weighted by molar-refractivity contribution is 5.87. The normalized spacial score (nSPS) is 11.5. The van der Waals surface area contributed by atoms with Gasteiger partial charge in [-0.1, -0.05) is 26.0 Å². The van der Waals surface area contributed by atoms with Gasteiger partial charge in [0.25, 0.3) is 0 Å². The number of carbonyl (C=O) groups excluding carboxylic acids is 2. The van der Waals surface area contributed by atoms with Crippen molar-refractivity contribution in [3.8, 4) is 0 Å². The summed E-state index contributed by atoms with van der Waals surface area (Å²) < 4.78 is 0. The quantitative estimate of drug-likeness (QED) is 0.700. The van der Waals surface area contributed by atoms with Crippen molar-refractivity contribution in [1.29, 1.82) is 0 Å². The van der Waals surface area contributed by atoms with E-state index < -0.39 is 11.9 Å². The Hall–Kier alpha value is -1.75. The van der Waals surface area contributed by atoms with Crippen molar-refractivity contribution >= 4 is 29.9 Å². The molecule has 0 saturated carbocycles. The molecule has 0 bridgehead atoms. The average molecular weight is 286 g/mol. The van der Waals surface area contributed by atoms with Crippen molar-refractivity contribution in [3.63, 3.8) is 0 Å². The third kappa shape index (κ3) is 5.61. The van der Waals surface area contributed by atoms with Crippen LogP contribution in [0.15, 0.2) is 24.3 Å². The lowest BCUT2D eigenvalue weighted by Gasteiger charge is -2.18. The van der Waals surface area contributed by atoms with Crippen molar-refractivity contribution in [2.45, 2.75) is 26.3 Å². The molecule has 0 heterocycles. The van der Waals surface area contributed by atoms with Gasteiger partial charge in [0.15, 0.2) is 0 Å². The number of carbonyl (C=O) groups is 2. The first-order valence-corrected chi connectivity index (χ1v) is 5.83. The predicted molar refractivity (Wildman–Crippen MR) is 77.8 cm³/mol. The maximum absolute atomic E-state index is 11.8. The van der Waals surface area contributed by atoms with Crippen molar-refractivity contribution in [3.05, 3.63) is 29.8 Å². The highest BCUT2D eigenvalue weighted by Gasteiger charge is 2.21. The molecule has 19 heavy (non-hydrogen) atoms. The minimum atomic E-state index is -0.633. The molecule has 5 nitrogen and oxygen atoms in total. The number of rotatable bonds is 5. The van der Waals surface area contributed by atoms with Gasteiger partial charge in [-0.3, -0.25) is 9.59 Å². The van der Waals surface area contributed by atoms with E-state index in [1.165, 1.54) is 0 Å². The molecule has 1 aromatic rings. The number of primary amides is 1. The lowest BCUT2D eigenvalue weighted by atomic mass is 10.0. The minimum absolute atomic E-state index is 0. The smallest absolute Gasteiger partial charge is 0.240 e. The van der Waals surface area contributed by atoms with Crippen LogP contribution < -0.4 is 16.8 Å². The topological polar surface area (TPSA) is 98.2 Å². The zero-order valence-electron chi connectivity index (χ0n) is 11.1. The van der Waals surface area contributed by atoms with Crippen LogP contribution in [0, 0.1) is 5.92 Å². The second kappa shape index (κ2) is 7.63. The molecular weight excluding hydrogens is 266 g/mol. The Morgan fingerprint density at radius 1 is 1.21 bits per heavy atom. The number of nitrogens with two attached hydrogens (primary N) is 2. The molecular formula is C13H20ClN3O2. The van der Waals surface area contributed by atoms with Crippen LogP contribution in [-0.2, 0) is 16.0 Å². The van der Waals surface area contributed by atoms with E-state index in [-0.39, 0.29) is 30.7 Å². The molecule has 5 N–H and O–H groups in total. The fourth-order valence-electron chi connectivity index (χ4n) is 1.61. The fourth-order valence-corrected chi connectivity index (χ4v) is 1.61. The van der Waals surface area contributed by atoms with Crippen LogP contribution >= 0.6 is 12.4 Å². The number of amides is 2. The summed E-state index contributed by atoms with van der Waals surface area (Å²) in [5, 5.41) is 2.63. The summed E-state index contributed by atoms with van der Waals surface area (Å²) in [5.41, 5.74) is 12.3. The first kappa shape index (κ1) is 17.2. The van der Waals surface area contributed by atoms with Crippen LogP contribution in [-0.4, -0.2) is 17.9 Å². The third-order valence-electron chi connectivity index (χ3n) is 2.63. The van der Waals surface area contributed by atoms with E-state index in [0.29, 0.717) is 5.69 Å². The van der Waals surface area contributed by atoms with E-state index in [2.05, 4.69) is 5.32 Å². The fraction of sp³-hybridized carbons (Fsp3) is 0.385. The summed E-state index contributed by atoms with van der Waals surface area (Å²) in [7, 11) is 0. The molecule has 1 aromatic carbocycles. The number of anilines is 1. The van der Waals surface area contributed by atoms with E-state index >= 15 is 0 Å². The van der Waals surface area contributed by atoms with E-state index in [1.54, 1.807) is 24.3 Å². The second-order valence-electron chi connectivity index (χ2n) is 4.61. The van der Waals surface area contributed by atoms with E-state index in [9.17, 15) is 9.59 Å². The van der Waals surface area contributed by atoms with Gasteiger partial charge in [0.2, 0.25) is 11.8 Å². The zero-order valence-corrected chi connectivity index (χ0v) is 11.9. The molecule has 6 heteroatoms. The molecule has 0 aliphatic carbocycles. The summed E-state index contributed by atoms with van der Waals surface area (Å²) in [6.07, 6.45) is 0.205. The number of halogens is 1. The average Bonchev–Trinajstić information content (AvgIpc) is 2.28. The number of hydrogen-bond donors (Lipinski definition) is 3. The first-order valence-electron chi connectivity index (χ1n) is 5.83. The number of nitrogens with one attached hydrogen (secondary N) is 1. The molecule has 2 amide bonds. The standard InChI is InChI=1S/C13H19N3O2.ClH/c1-8(2)12(13(15)18)16-11(17)7-9-3-5-10(14)6-4-9;/h3-6,8,12H,7,14H2,1-2H3,(H2,15,18)(H,16,17);1H. The van der Waals surface area contributed by atoms with Gasteiger partial charge in [0.05, 0.1) is 6.42 Å². The van der Waals surface area contributed by atoms with Crippen LogP contribution in [0.5, 0.6) is 0 Å². The molecule has 106 valence electrons. The Balaban J connectivity index is 0.00000324. The van der Waals surface area contributed by atoms with Crippen molar-refractivity contribution in [2.24, 2.45) is 11.7 Å². The predicted octanol–water partition coefficient (Wildman–Crippen LogP) is 0.859. The monoisotopic (exact) mass is 285 g/mol. The maximum Gasteiger partial charge on any atom is 0.240 e. The molecule has 0 fully saturated rings. The van der Waals surface area contributed by atoms with E-state index in [4.69, 9.17) is 11.5 Å². The van der Waals surface area contributed by atoms with E-state index in [1.807, 2.05) is 13.8 Å². The van der Waals surface area contributed by atoms with Gasteiger partial charge < -0.3 is 16.8 Å². The molecule has 1 unspecified atom stereocenters. The Labute approximate surface area is 119 Å². The van der Waals surface area contributed by atoms with Crippen LogP contribution in [0.3, 0.4) is 0 Å². The van der Waals surface area contributed by atoms with Crippen LogP contribution in [0.2, 0.25) is 0 Å². The largest absolute Gasteiger partial charge is 0.399 e. The third-order valence-corrected chi connectivity index (χ3v) is 2.63. The molecule has 0 aromatic heterocycles. The number of hydrogen-bond acceptors (Lipinski definition) is 3. The van der Waals surface area contributed by atoms with E-state index in [0.717, 1.165) is 5.56 Å². The second-order valence-corrected chi connectivity index (χ2v) is 4.61. The van der Waals surface area contributed by atoms with Crippen LogP contribution in [0.25, 0.3) is 0 Å². The van der Waals surface area contributed by atoms with Gasteiger partial charge in [-0.05, 0) is 23.6 Å². The highest BCUT2D eigenvalue weighted by Crippen LogP contribution is 2.07. The minimum Gasteiger partial charge on any atom is -0.399 e. The zero-order chi connectivity index (χ0) is 13.7. The molecule has 0 radical (unpaired) electrons. The Kier molecular flexibility index (Phi) is 6.93. The Morgan fingerprint density at radius 2 is 1.74 bits per heavy atom. The number of nitrogen functional groups attached to an aromatic ring is 1. The first-order chi connectivity index (χ1) is 8.40.